The van der Waals surface area contributed by atoms with Gasteiger partial charge in [0.25, 0.3) is 0 Å². The highest BCUT2D eigenvalue weighted by atomic mass is 19.1. The van der Waals surface area contributed by atoms with Crippen LogP contribution in [0.1, 0.15) is 34.8 Å². The van der Waals surface area contributed by atoms with Crippen LogP contribution in [0.15, 0.2) is 18.2 Å². The second kappa shape index (κ2) is 4.19. The number of rotatable bonds is 2. The summed E-state index contributed by atoms with van der Waals surface area (Å²) in [4.78, 5) is 15.8. The second-order valence-electron chi connectivity index (χ2n) is 4.69. The summed E-state index contributed by atoms with van der Waals surface area (Å²) in [6.45, 7) is 0. The lowest BCUT2D eigenvalue weighted by molar-refractivity contribution is 0.0593. The number of aromatic nitrogens is 1. The molecule has 0 amide bonds. The molecule has 4 nitrogen and oxygen atoms in total. The van der Waals surface area contributed by atoms with Crippen LogP contribution in [-0.2, 0) is 4.74 Å². The predicted octanol–water partition coefficient (Wildman–Crippen LogP) is 2.74. The van der Waals surface area contributed by atoms with Crippen molar-refractivity contribution in [3.63, 3.8) is 0 Å². The maximum absolute atomic E-state index is 13.8. The number of pyridine rings is 1. The standard InChI is InChI=1S/C14H12FNO3/c1-19-14(18)13-10(7-2-3-7)5-8-4-9(17)6-11(15)12(8)16-13/h4-7,17H,2-3H2,1H3. The van der Waals surface area contributed by atoms with Gasteiger partial charge in [-0.25, -0.2) is 14.2 Å². The molecule has 1 saturated carbocycles. The Morgan fingerprint density at radius 2 is 2.16 bits per heavy atom. The molecule has 2 aromatic rings. The SMILES string of the molecule is COC(=O)c1nc2c(F)cc(O)cc2cc1C1CC1. The van der Waals surface area contributed by atoms with Crippen LogP contribution in [0.2, 0.25) is 0 Å². The number of carbonyl (C=O) groups is 1. The molecule has 19 heavy (non-hydrogen) atoms. The van der Waals surface area contributed by atoms with Gasteiger partial charge in [-0.3, -0.25) is 0 Å². The topological polar surface area (TPSA) is 59.4 Å². The number of methoxy groups -OCH3 is 1. The van der Waals surface area contributed by atoms with Crippen LogP contribution in [0.3, 0.4) is 0 Å². The summed E-state index contributed by atoms with van der Waals surface area (Å²) in [6.07, 6.45) is 1.97. The molecule has 0 spiro atoms. The maximum Gasteiger partial charge on any atom is 0.356 e. The van der Waals surface area contributed by atoms with E-state index in [4.69, 9.17) is 4.74 Å². The van der Waals surface area contributed by atoms with E-state index in [1.54, 1.807) is 6.07 Å². The number of benzene rings is 1. The predicted molar refractivity (Wildman–Crippen MR) is 66.7 cm³/mol. The smallest absolute Gasteiger partial charge is 0.356 e. The Labute approximate surface area is 108 Å². The molecule has 1 heterocycles. The van der Waals surface area contributed by atoms with E-state index < -0.39 is 11.8 Å². The summed E-state index contributed by atoms with van der Waals surface area (Å²) in [6, 6.07) is 4.14. The van der Waals surface area contributed by atoms with Gasteiger partial charge in [-0.15, -0.1) is 0 Å². The Balaban J connectivity index is 2.28. The van der Waals surface area contributed by atoms with Crippen LogP contribution in [0, 0.1) is 5.82 Å². The molecular formula is C14H12FNO3. The van der Waals surface area contributed by atoms with E-state index in [-0.39, 0.29) is 22.9 Å². The van der Waals surface area contributed by atoms with Crippen LogP contribution in [0.4, 0.5) is 4.39 Å². The van der Waals surface area contributed by atoms with Crippen molar-refractivity contribution >= 4 is 16.9 Å². The monoisotopic (exact) mass is 261 g/mol. The number of hydrogen-bond donors (Lipinski definition) is 1. The first-order chi connectivity index (χ1) is 9.10. The average Bonchev–Trinajstić information content (AvgIpc) is 3.20. The zero-order valence-electron chi connectivity index (χ0n) is 10.3. The van der Waals surface area contributed by atoms with Crippen LogP contribution < -0.4 is 0 Å². The van der Waals surface area contributed by atoms with Crippen molar-refractivity contribution in [2.45, 2.75) is 18.8 Å². The van der Waals surface area contributed by atoms with Gasteiger partial charge in [-0.1, -0.05) is 0 Å². The third-order valence-electron chi connectivity index (χ3n) is 3.28. The van der Waals surface area contributed by atoms with Gasteiger partial charge in [0, 0.05) is 11.5 Å². The van der Waals surface area contributed by atoms with Gasteiger partial charge in [0.05, 0.1) is 7.11 Å². The molecule has 3 rings (SSSR count). The molecule has 1 N–H and O–H groups in total. The lowest BCUT2D eigenvalue weighted by atomic mass is 10.0. The van der Waals surface area contributed by atoms with E-state index in [2.05, 4.69) is 4.98 Å². The fourth-order valence-corrected chi connectivity index (χ4v) is 2.21. The molecule has 0 bridgehead atoms. The molecule has 1 fully saturated rings. The highest BCUT2D eigenvalue weighted by Gasteiger charge is 2.30. The third kappa shape index (κ3) is 2.01. The summed E-state index contributed by atoms with van der Waals surface area (Å²) in [5, 5.41) is 9.91. The summed E-state index contributed by atoms with van der Waals surface area (Å²) in [5.41, 5.74) is 1.01. The van der Waals surface area contributed by atoms with E-state index in [1.165, 1.54) is 13.2 Å². The molecule has 0 aliphatic heterocycles. The Hall–Kier alpha value is -2.17. The molecular weight excluding hydrogens is 249 g/mol. The zero-order chi connectivity index (χ0) is 13.6. The van der Waals surface area contributed by atoms with Gasteiger partial charge in [-0.2, -0.15) is 0 Å². The zero-order valence-corrected chi connectivity index (χ0v) is 10.3. The first-order valence-electron chi connectivity index (χ1n) is 6.01. The summed E-state index contributed by atoms with van der Waals surface area (Å²) in [7, 11) is 1.28. The Morgan fingerprint density at radius 1 is 1.42 bits per heavy atom. The van der Waals surface area contributed by atoms with Crippen molar-refractivity contribution in [1.82, 2.24) is 4.98 Å². The number of esters is 1. The van der Waals surface area contributed by atoms with Crippen molar-refractivity contribution in [1.29, 1.82) is 0 Å². The molecule has 1 aliphatic carbocycles. The molecule has 0 atom stereocenters. The molecule has 1 aromatic heterocycles. The highest BCUT2D eigenvalue weighted by molar-refractivity contribution is 5.93. The number of phenols is 1. The number of carbonyl (C=O) groups excluding carboxylic acids is 1. The maximum atomic E-state index is 13.8. The van der Waals surface area contributed by atoms with E-state index >= 15 is 0 Å². The van der Waals surface area contributed by atoms with Gasteiger partial charge >= 0.3 is 5.97 Å². The number of phenolic OH excluding ortho intramolecular Hbond substituents is 1. The first-order valence-corrected chi connectivity index (χ1v) is 6.01. The summed E-state index contributed by atoms with van der Waals surface area (Å²) >= 11 is 0. The Kier molecular flexibility index (Phi) is 2.62. The molecule has 0 unspecified atom stereocenters. The van der Waals surface area contributed by atoms with Crippen molar-refractivity contribution in [2.75, 3.05) is 7.11 Å². The van der Waals surface area contributed by atoms with E-state index in [0.29, 0.717) is 5.39 Å². The van der Waals surface area contributed by atoms with E-state index in [9.17, 15) is 14.3 Å². The fraction of sp³-hybridized carbons (Fsp3) is 0.286. The lowest BCUT2D eigenvalue weighted by Gasteiger charge is -2.09. The van der Waals surface area contributed by atoms with Gasteiger partial charge in [0.2, 0.25) is 0 Å². The first kappa shape index (κ1) is 11.9. The van der Waals surface area contributed by atoms with Crippen LogP contribution in [0.5, 0.6) is 5.75 Å². The minimum atomic E-state index is -0.650. The van der Waals surface area contributed by atoms with Crippen LogP contribution >= 0.6 is 0 Å². The number of nitrogens with zero attached hydrogens (tertiary/aromatic N) is 1. The Bertz CT molecular complexity index is 680. The minimum absolute atomic E-state index is 0.0719. The molecule has 98 valence electrons. The number of fused-ring (bicyclic) bond motifs is 1. The van der Waals surface area contributed by atoms with Crippen LogP contribution in [0.25, 0.3) is 10.9 Å². The highest BCUT2D eigenvalue weighted by Crippen LogP contribution is 2.42. The fourth-order valence-electron chi connectivity index (χ4n) is 2.21. The van der Waals surface area contributed by atoms with Crippen molar-refractivity contribution in [3.05, 3.63) is 35.3 Å². The normalized spacial score (nSPS) is 14.6. The summed E-state index contributed by atoms with van der Waals surface area (Å²) in [5.74, 6) is -1.09. The van der Waals surface area contributed by atoms with Crippen molar-refractivity contribution < 1.29 is 19.0 Å². The summed E-state index contributed by atoms with van der Waals surface area (Å²) < 4.78 is 18.5. The quantitative estimate of drug-likeness (QED) is 0.844. The lowest BCUT2D eigenvalue weighted by Crippen LogP contribution is -2.09. The largest absolute Gasteiger partial charge is 0.508 e. The Morgan fingerprint density at radius 3 is 2.79 bits per heavy atom. The van der Waals surface area contributed by atoms with Gasteiger partial charge in [0.15, 0.2) is 11.5 Å². The number of ether oxygens (including phenoxy) is 1. The molecule has 1 aliphatic rings. The van der Waals surface area contributed by atoms with Crippen molar-refractivity contribution in [3.8, 4) is 5.75 Å². The average molecular weight is 261 g/mol. The van der Waals surface area contributed by atoms with E-state index in [0.717, 1.165) is 24.5 Å². The second-order valence-corrected chi connectivity index (χ2v) is 4.69. The third-order valence-corrected chi connectivity index (χ3v) is 3.28. The number of aromatic hydroxyl groups is 1. The molecule has 5 heteroatoms. The van der Waals surface area contributed by atoms with Crippen LogP contribution in [-0.4, -0.2) is 23.2 Å². The van der Waals surface area contributed by atoms with Gasteiger partial charge < -0.3 is 9.84 Å². The molecule has 0 radical (unpaired) electrons. The number of hydrogen-bond acceptors (Lipinski definition) is 4. The van der Waals surface area contributed by atoms with Gasteiger partial charge in [-0.05, 0) is 36.5 Å². The van der Waals surface area contributed by atoms with E-state index in [1.807, 2.05) is 0 Å². The minimum Gasteiger partial charge on any atom is -0.508 e. The van der Waals surface area contributed by atoms with Crippen molar-refractivity contribution in [2.24, 2.45) is 0 Å². The molecule has 0 saturated heterocycles. The molecule has 1 aromatic carbocycles. The number of halogens is 1. The van der Waals surface area contributed by atoms with Gasteiger partial charge in [0.1, 0.15) is 11.3 Å².